The maximum Gasteiger partial charge on any atom is 0.0751 e. The van der Waals surface area contributed by atoms with E-state index in [1.54, 1.807) is 0 Å². The third-order valence-corrected chi connectivity index (χ3v) is 4.83. The topological polar surface area (TPSA) is 0 Å². The summed E-state index contributed by atoms with van der Waals surface area (Å²) in [6.07, 6.45) is 9.65. The zero-order valence-electron chi connectivity index (χ0n) is 8.03. The van der Waals surface area contributed by atoms with E-state index in [0.29, 0.717) is 4.58 Å². The number of rotatable bonds is 3. The van der Waals surface area contributed by atoms with Crippen molar-refractivity contribution in [1.82, 2.24) is 0 Å². The Bertz CT molecular complexity index is 210. The summed E-state index contributed by atoms with van der Waals surface area (Å²) in [5.74, 6) is 2.58. The lowest BCUT2D eigenvalue weighted by Gasteiger charge is -2.21. The quantitative estimate of drug-likeness (QED) is 0.651. The van der Waals surface area contributed by atoms with Crippen LogP contribution in [0.5, 0.6) is 0 Å². The van der Waals surface area contributed by atoms with Crippen molar-refractivity contribution in [3.05, 3.63) is 36.5 Å². The molecule has 0 aromatic heterocycles. The van der Waals surface area contributed by atoms with E-state index >= 15 is 0 Å². The summed E-state index contributed by atoms with van der Waals surface area (Å²) in [4.78, 5) is 0. The van der Waals surface area contributed by atoms with Crippen molar-refractivity contribution >= 4 is 23.5 Å². The minimum Gasteiger partial charge on any atom is -0.143 e. The van der Waals surface area contributed by atoms with Gasteiger partial charge in [0.15, 0.2) is 0 Å². The van der Waals surface area contributed by atoms with Gasteiger partial charge in [0.05, 0.1) is 4.58 Å². The molecule has 1 rings (SSSR count). The molecule has 0 aromatic carbocycles. The van der Waals surface area contributed by atoms with Crippen LogP contribution in [0.1, 0.15) is 13.3 Å². The molecule has 0 saturated carbocycles. The van der Waals surface area contributed by atoms with Crippen molar-refractivity contribution in [2.75, 3.05) is 11.5 Å². The highest BCUT2D eigenvalue weighted by molar-refractivity contribution is 8.17. The third kappa shape index (κ3) is 3.65. The van der Waals surface area contributed by atoms with Crippen LogP contribution in [0.3, 0.4) is 0 Å². The Labute approximate surface area is 89.6 Å². The second-order valence-corrected chi connectivity index (χ2v) is 5.55. The van der Waals surface area contributed by atoms with Gasteiger partial charge in [0.1, 0.15) is 0 Å². The van der Waals surface area contributed by atoms with Crippen molar-refractivity contribution in [3.63, 3.8) is 0 Å². The predicted octanol–water partition coefficient (Wildman–Crippen LogP) is 3.87. The molecule has 0 nitrogen and oxygen atoms in total. The van der Waals surface area contributed by atoms with Crippen LogP contribution in [0.2, 0.25) is 0 Å². The molecule has 0 aromatic rings. The van der Waals surface area contributed by atoms with Crippen molar-refractivity contribution in [2.24, 2.45) is 0 Å². The van der Waals surface area contributed by atoms with Gasteiger partial charge >= 0.3 is 0 Å². The van der Waals surface area contributed by atoms with Crippen LogP contribution >= 0.6 is 23.5 Å². The maximum atomic E-state index is 3.86. The van der Waals surface area contributed by atoms with E-state index in [-0.39, 0.29) is 0 Å². The van der Waals surface area contributed by atoms with E-state index < -0.39 is 0 Å². The maximum absolute atomic E-state index is 3.86. The standard InChI is InChI=1S/C11H16S2/c1-3-5-7-10(4-2)11-12-8-6-9-13-11/h3-5,7,11H,2,6,8-9H2,1H3/b5-3-,10-7+. The second kappa shape index (κ2) is 6.39. The van der Waals surface area contributed by atoms with Crippen molar-refractivity contribution in [3.8, 4) is 0 Å². The molecule has 72 valence electrons. The Morgan fingerprint density at radius 2 is 2.08 bits per heavy atom. The Morgan fingerprint density at radius 1 is 1.38 bits per heavy atom. The fourth-order valence-corrected chi connectivity index (χ4v) is 4.06. The van der Waals surface area contributed by atoms with E-state index in [1.165, 1.54) is 23.5 Å². The first kappa shape index (κ1) is 11.0. The van der Waals surface area contributed by atoms with Crippen LogP contribution in [0, 0.1) is 0 Å². The molecule has 13 heavy (non-hydrogen) atoms. The van der Waals surface area contributed by atoms with Gasteiger partial charge in [0, 0.05) is 0 Å². The van der Waals surface area contributed by atoms with E-state index in [0.717, 1.165) is 0 Å². The zero-order valence-corrected chi connectivity index (χ0v) is 9.66. The van der Waals surface area contributed by atoms with Gasteiger partial charge in [-0.1, -0.05) is 30.9 Å². The smallest absolute Gasteiger partial charge is 0.0751 e. The summed E-state index contributed by atoms with van der Waals surface area (Å²) in [7, 11) is 0. The molecule has 1 aliphatic heterocycles. The molecule has 0 bridgehead atoms. The normalized spacial score (nSPS) is 20.8. The molecule has 0 unspecified atom stereocenters. The van der Waals surface area contributed by atoms with Gasteiger partial charge in [0.25, 0.3) is 0 Å². The Morgan fingerprint density at radius 3 is 2.62 bits per heavy atom. The van der Waals surface area contributed by atoms with E-state index in [2.05, 4.69) is 24.8 Å². The van der Waals surface area contributed by atoms with Crippen LogP contribution in [0.25, 0.3) is 0 Å². The molecule has 0 atom stereocenters. The van der Waals surface area contributed by atoms with E-state index in [1.807, 2.05) is 36.5 Å². The van der Waals surface area contributed by atoms with Crippen molar-refractivity contribution < 1.29 is 0 Å². The van der Waals surface area contributed by atoms with Crippen LogP contribution < -0.4 is 0 Å². The molecule has 1 saturated heterocycles. The number of allylic oxidation sites excluding steroid dienone is 4. The fraction of sp³-hybridized carbons (Fsp3) is 0.455. The van der Waals surface area contributed by atoms with Crippen molar-refractivity contribution in [2.45, 2.75) is 17.9 Å². The molecule has 2 heteroatoms. The number of thioether (sulfide) groups is 2. The van der Waals surface area contributed by atoms with E-state index in [9.17, 15) is 0 Å². The van der Waals surface area contributed by atoms with Gasteiger partial charge in [-0.2, -0.15) is 0 Å². The summed E-state index contributed by atoms with van der Waals surface area (Å²) < 4.78 is 0.613. The van der Waals surface area contributed by atoms with Crippen molar-refractivity contribution in [1.29, 1.82) is 0 Å². The van der Waals surface area contributed by atoms with Crippen LogP contribution in [-0.2, 0) is 0 Å². The average molecular weight is 212 g/mol. The van der Waals surface area contributed by atoms with Crippen LogP contribution in [0.4, 0.5) is 0 Å². The summed E-state index contributed by atoms with van der Waals surface area (Å²) in [5, 5.41) is 0. The molecule has 1 fully saturated rings. The lowest BCUT2D eigenvalue weighted by atomic mass is 10.2. The molecule has 1 heterocycles. The van der Waals surface area contributed by atoms with Crippen LogP contribution in [-0.4, -0.2) is 16.1 Å². The van der Waals surface area contributed by atoms with Crippen LogP contribution in [0.15, 0.2) is 36.5 Å². The first-order valence-corrected chi connectivity index (χ1v) is 6.66. The highest BCUT2D eigenvalue weighted by Gasteiger charge is 2.16. The van der Waals surface area contributed by atoms with Gasteiger partial charge in [0.2, 0.25) is 0 Å². The van der Waals surface area contributed by atoms with Gasteiger partial charge in [-0.05, 0) is 30.4 Å². The van der Waals surface area contributed by atoms with Gasteiger partial charge in [-0.25, -0.2) is 0 Å². The Kier molecular flexibility index (Phi) is 5.40. The van der Waals surface area contributed by atoms with Gasteiger partial charge < -0.3 is 0 Å². The third-order valence-electron chi connectivity index (χ3n) is 1.82. The van der Waals surface area contributed by atoms with Gasteiger partial charge in [-0.3, -0.25) is 0 Å². The molecule has 0 amide bonds. The summed E-state index contributed by atoms with van der Waals surface area (Å²) in [5.41, 5.74) is 1.35. The Balaban J connectivity index is 2.58. The van der Waals surface area contributed by atoms with Gasteiger partial charge in [-0.15, -0.1) is 23.5 Å². The lowest BCUT2D eigenvalue weighted by molar-refractivity contribution is 1.10. The summed E-state index contributed by atoms with van der Waals surface area (Å²) in [6, 6.07) is 0. The minimum atomic E-state index is 0.613. The largest absolute Gasteiger partial charge is 0.143 e. The number of hydrogen-bond acceptors (Lipinski definition) is 2. The molecule has 0 spiro atoms. The molecular weight excluding hydrogens is 196 g/mol. The first-order valence-electron chi connectivity index (χ1n) is 4.57. The highest BCUT2D eigenvalue weighted by Crippen LogP contribution is 2.35. The minimum absolute atomic E-state index is 0.613. The lowest BCUT2D eigenvalue weighted by Crippen LogP contribution is -2.08. The molecule has 0 N–H and O–H groups in total. The molecule has 0 aliphatic carbocycles. The highest BCUT2D eigenvalue weighted by atomic mass is 32.2. The second-order valence-electron chi connectivity index (χ2n) is 2.82. The molecule has 0 radical (unpaired) electrons. The molecular formula is C11H16S2. The predicted molar refractivity (Wildman–Crippen MR) is 66.4 cm³/mol. The monoisotopic (exact) mass is 212 g/mol. The number of hydrogen-bond donors (Lipinski definition) is 0. The summed E-state index contributed by atoms with van der Waals surface area (Å²) in [6.45, 7) is 5.90. The Hall–Kier alpha value is -0.0800. The fourth-order valence-electron chi connectivity index (χ4n) is 1.13. The van der Waals surface area contributed by atoms with E-state index in [4.69, 9.17) is 0 Å². The zero-order chi connectivity index (χ0) is 9.52. The average Bonchev–Trinajstić information content (AvgIpc) is 2.21. The first-order chi connectivity index (χ1) is 6.38. The summed E-state index contributed by atoms with van der Waals surface area (Å²) >= 11 is 4.07. The molecule has 1 aliphatic rings. The SMILES string of the molecule is C=C/C(=C\C=C/C)C1SCCCS1.